The van der Waals surface area contributed by atoms with Crippen LogP contribution in [0.4, 0.5) is 0 Å². The molecule has 1 aromatic heterocycles. The normalized spacial score (nSPS) is 11.9. The number of carbonyl (C=O) groups is 1. The van der Waals surface area contributed by atoms with E-state index in [1.807, 2.05) is 64.1 Å². The second-order valence-electron chi connectivity index (χ2n) is 7.54. The maximum atomic E-state index is 13.1. The molecule has 1 amide bonds. The van der Waals surface area contributed by atoms with Crippen LogP contribution in [0.3, 0.4) is 0 Å². The molecule has 156 valence electrons. The third kappa shape index (κ3) is 4.56. The molecule has 30 heavy (non-hydrogen) atoms. The van der Waals surface area contributed by atoms with E-state index in [2.05, 4.69) is 10.4 Å². The van der Waals surface area contributed by atoms with E-state index in [-0.39, 0.29) is 18.3 Å². The van der Waals surface area contributed by atoms with E-state index in [0.717, 1.165) is 25.9 Å². The molecule has 0 saturated heterocycles. The number of rotatable bonds is 6. The van der Waals surface area contributed by atoms with Gasteiger partial charge < -0.3 is 5.32 Å². The zero-order valence-electron chi connectivity index (χ0n) is 17.7. The molecule has 3 aromatic rings. The van der Waals surface area contributed by atoms with Gasteiger partial charge in [-0.3, -0.25) is 14.2 Å². The second-order valence-corrected chi connectivity index (χ2v) is 7.54. The fourth-order valence-corrected chi connectivity index (χ4v) is 2.92. The number of carbonyl (C=O) groups excluding carboxylic acids is 1. The van der Waals surface area contributed by atoms with Crippen molar-refractivity contribution in [3.05, 3.63) is 91.8 Å². The zero-order chi connectivity index (χ0) is 21.8. The molecule has 0 aliphatic carbocycles. The molecule has 1 unspecified atom stereocenters. The first-order valence-corrected chi connectivity index (χ1v) is 9.97. The first-order valence-electron chi connectivity index (χ1n) is 9.97. The number of nitrogens with zero attached hydrogens (tertiary/aromatic N) is 3. The highest BCUT2D eigenvalue weighted by Crippen LogP contribution is 2.07. The third-order valence-corrected chi connectivity index (χ3v) is 5.00. The smallest absolute Gasteiger partial charge is 0.348 e. The van der Waals surface area contributed by atoms with Crippen molar-refractivity contribution in [1.29, 1.82) is 0 Å². The topological polar surface area (TPSA) is 86.0 Å². The summed E-state index contributed by atoms with van der Waals surface area (Å²) < 4.78 is 2.17. The highest BCUT2D eigenvalue weighted by atomic mass is 16.2. The lowest BCUT2D eigenvalue weighted by Gasteiger charge is -2.14. The van der Waals surface area contributed by atoms with Crippen molar-refractivity contribution in [2.45, 2.75) is 46.7 Å². The average molecular weight is 406 g/mol. The van der Waals surface area contributed by atoms with Crippen molar-refractivity contribution in [3.63, 3.8) is 0 Å². The minimum absolute atomic E-state index is 0.0515. The van der Waals surface area contributed by atoms with Gasteiger partial charge in [-0.25, -0.2) is 4.79 Å². The van der Waals surface area contributed by atoms with Crippen molar-refractivity contribution in [2.24, 2.45) is 0 Å². The van der Waals surface area contributed by atoms with Gasteiger partial charge in [0.05, 0.1) is 12.2 Å². The number of aromatic nitrogens is 3. The summed E-state index contributed by atoms with van der Waals surface area (Å²) in [5.74, 6) is -0.590. The van der Waals surface area contributed by atoms with Gasteiger partial charge in [0.15, 0.2) is 0 Å². The fourth-order valence-electron chi connectivity index (χ4n) is 2.92. The Labute approximate surface area is 175 Å². The predicted molar refractivity (Wildman–Crippen MR) is 116 cm³/mol. The summed E-state index contributed by atoms with van der Waals surface area (Å²) >= 11 is 0. The van der Waals surface area contributed by atoms with E-state index in [9.17, 15) is 14.4 Å². The number of hydrogen-bond donors (Lipinski definition) is 1. The molecular weight excluding hydrogens is 380 g/mol. The molecule has 0 fully saturated rings. The monoisotopic (exact) mass is 406 g/mol. The Bertz CT molecular complexity index is 1160. The Balaban J connectivity index is 2.17. The maximum Gasteiger partial charge on any atom is 0.352 e. The van der Waals surface area contributed by atoms with E-state index < -0.39 is 17.2 Å². The predicted octanol–water partition coefficient (Wildman–Crippen LogP) is 2.59. The molecule has 0 aliphatic rings. The Morgan fingerprint density at radius 3 is 2.13 bits per heavy atom. The number of nitrogens with one attached hydrogen (secondary N) is 1. The summed E-state index contributed by atoms with van der Waals surface area (Å²) in [5.41, 5.74) is 1.77. The van der Waals surface area contributed by atoms with E-state index in [1.54, 1.807) is 12.1 Å². The lowest BCUT2D eigenvalue weighted by Crippen LogP contribution is -2.47. The number of benzene rings is 2. The van der Waals surface area contributed by atoms with Crippen molar-refractivity contribution in [2.75, 3.05) is 0 Å². The van der Waals surface area contributed by atoms with Crippen molar-refractivity contribution in [1.82, 2.24) is 19.7 Å². The molecule has 3 rings (SSSR count). The molecule has 7 nitrogen and oxygen atoms in total. The SMILES string of the molecule is CCC(C)NC(=O)c1nn(-c2ccc(C)cc2)c(=O)n(Cc2ccc(C)cc2)c1=O. The van der Waals surface area contributed by atoms with Crippen LogP contribution in [-0.4, -0.2) is 26.3 Å². The van der Waals surface area contributed by atoms with E-state index in [4.69, 9.17) is 0 Å². The van der Waals surface area contributed by atoms with E-state index in [1.165, 1.54) is 0 Å². The second kappa shape index (κ2) is 8.90. The van der Waals surface area contributed by atoms with Crippen LogP contribution >= 0.6 is 0 Å². The van der Waals surface area contributed by atoms with Gasteiger partial charge in [0.2, 0.25) is 5.69 Å². The van der Waals surface area contributed by atoms with Crippen LogP contribution in [0.2, 0.25) is 0 Å². The lowest BCUT2D eigenvalue weighted by atomic mass is 10.1. The summed E-state index contributed by atoms with van der Waals surface area (Å²) in [4.78, 5) is 38.9. The molecule has 0 radical (unpaired) electrons. The van der Waals surface area contributed by atoms with Crippen LogP contribution in [-0.2, 0) is 6.54 Å². The Morgan fingerprint density at radius 1 is 1.00 bits per heavy atom. The van der Waals surface area contributed by atoms with Crippen molar-refractivity contribution < 1.29 is 4.79 Å². The van der Waals surface area contributed by atoms with Crippen LogP contribution in [0, 0.1) is 13.8 Å². The van der Waals surface area contributed by atoms with Crippen LogP contribution in [0.15, 0.2) is 58.1 Å². The van der Waals surface area contributed by atoms with Crippen LogP contribution in [0.5, 0.6) is 0 Å². The quantitative estimate of drug-likeness (QED) is 0.682. The average Bonchev–Trinajstić information content (AvgIpc) is 2.73. The molecule has 1 N–H and O–H groups in total. The van der Waals surface area contributed by atoms with E-state index >= 15 is 0 Å². The maximum absolute atomic E-state index is 13.1. The molecule has 0 bridgehead atoms. The van der Waals surface area contributed by atoms with E-state index in [0.29, 0.717) is 12.1 Å². The molecule has 0 aliphatic heterocycles. The summed E-state index contributed by atoms with van der Waals surface area (Å²) in [7, 11) is 0. The molecular formula is C23H26N4O3. The van der Waals surface area contributed by atoms with Gasteiger partial charge in [-0.15, -0.1) is 0 Å². The highest BCUT2D eigenvalue weighted by Gasteiger charge is 2.21. The van der Waals surface area contributed by atoms with Gasteiger partial charge in [-0.1, -0.05) is 54.4 Å². The summed E-state index contributed by atoms with van der Waals surface area (Å²) in [6.07, 6.45) is 0.709. The molecule has 1 heterocycles. The van der Waals surface area contributed by atoms with Crippen molar-refractivity contribution in [3.8, 4) is 5.69 Å². The standard InChI is InChI=1S/C23H26N4O3/c1-5-17(4)24-21(28)20-22(29)26(14-18-10-6-15(2)7-11-18)23(30)27(25-20)19-12-8-16(3)9-13-19/h6-13,17H,5,14H2,1-4H3,(H,24,28). The molecule has 0 spiro atoms. The Kier molecular flexibility index (Phi) is 6.30. The van der Waals surface area contributed by atoms with Crippen molar-refractivity contribution >= 4 is 5.91 Å². The highest BCUT2D eigenvalue weighted by molar-refractivity contribution is 5.91. The number of aryl methyl sites for hydroxylation is 2. The molecule has 1 atom stereocenters. The summed E-state index contributed by atoms with van der Waals surface area (Å²) in [5, 5.41) is 6.90. The van der Waals surface area contributed by atoms with Gasteiger partial charge in [0.25, 0.3) is 11.5 Å². The Morgan fingerprint density at radius 2 is 1.57 bits per heavy atom. The van der Waals surface area contributed by atoms with Crippen LogP contribution in [0.25, 0.3) is 5.69 Å². The third-order valence-electron chi connectivity index (χ3n) is 5.00. The molecule has 2 aromatic carbocycles. The molecule has 0 saturated carbocycles. The van der Waals surface area contributed by atoms with Crippen LogP contribution < -0.4 is 16.6 Å². The number of hydrogen-bond acceptors (Lipinski definition) is 4. The van der Waals surface area contributed by atoms with Gasteiger partial charge in [-0.2, -0.15) is 9.78 Å². The Hall–Kier alpha value is -3.48. The minimum Gasteiger partial charge on any atom is -0.348 e. The zero-order valence-corrected chi connectivity index (χ0v) is 17.7. The summed E-state index contributed by atoms with van der Waals surface area (Å²) in [6.45, 7) is 7.73. The minimum atomic E-state index is -0.704. The van der Waals surface area contributed by atoms with Gasteiger partial charge in [0.1, 0.15) is 0 Å². The van der Waals surface area contributed by atoms with Gasteiger partial charge in [0, 0.05) is 6.04 Å². The molecule has 7 heteroatoms. The van der Waals surface area contributed by atoms with Gasteiger partial charge >= 0.3 is 5.69 Å². The first-order chi connectivity index (χ1) is 14.3. The lowest BCUT2D eigenvalue weighted by molar-refractivity contribution is 0.0929. The summed E-state index contributed by atoms with van der Waals surface area (Å²) in [6, 6.07) is 14.6. The number of amides is 1. The fraction of sp³-hybridized carbons (Fsp3) is 0.304. The van der Waals surface area contributed by atoms with Gasteiger partial charge in [-0.05, 0) is 44.9 Å². The first kappa shape index (κ1) is 21.2. The van der Waals surface area contributed by atoms with Crippen LogP contribution in [0.1, 0.15) is 47.4 Å². The largest absolute Gasteiger partial charge is 0.352 e.